The number of rotatable bonds is 2. The van der Waals surface area contributed by atoms with Crippen LogP contribution in [0.25, 0.3) is 0 Å². The summed E-state index contributed by atoms with van der Waals surface area (Å²) in [5.41, 5.74) is 3.71. The molecule has 0 bridgehead atoms. The van der Waals surface area contributed by atoms with Crippen LogP contribution >= 0.6 is 0 Å². The van der Waals surface area contributed by atoms with E-state index in [1.807, 2.05) is 49.4 Å². The predicted octanol–water partition coefficient (Wildman–Crippen LogP) is 3.35. The minimum Gasteiger partial charge on any atom is -0.497 e. The fourth-order valence-corrected chi connectivity index (χ4v) is 3.89. The number of benzene rings is 2. The second-order valence-electron chi connectivity index (χ2n) is 7.01. The zero-order valence-electron chi connectivity index (χ0n) is 15.0. The Bertz CT molecular complexity index is 877. The van der Waals surface area contributed by atoms with Gasteiger partial charge in [-0.1, -0.05) is 25.1 Å². The number of anilines is 2. The number of aryl methyl sites for hydroxylation is 1. The molecule has 134 valence electrons. The van der Waals surface area contributed by atoms with E-state index in [9.17, 15) is 9.59 Å². The molecule has 1 aliphatic heterocycles. The molecule has 5 heteroatoms. The maximum Gasteiger partial charge on any atom is 0.234 e. The highest BCUT2D eigenvalue weighted by Crippen LogP contribution is 2.39. The number of amides is 2. The molecule has 2 atom stereocenters. The van der Waals surface area contributed by atoms with E-state index in [-0.39, 0.29) is 23.7 Å². The number of nitrogens with zero attached hydrogens (tertiary/aromatic N) is 1. The number of para-hydroxylation sites is 2. The molecule has 2 aliphatic rings. The minimum atomic E-state index is -0.266. The zero-order valence-corrected chi connectivity index (χ0v) is 15.0. The first-order valence-corrected chi connectivity index (χ1v) is 8.96. The lowest BCUT2D eigenvalue weighted by Crippen LogP contribution is -2.38. The van der Waals surface area contributed by atoms with Gasteiger partial charge in [0.15, 0.2) is 0 Å². The molecule has 0 fully saturated rings. The Labute approximate surface area is 153 Å². The van der Waals surface area contributed by atoms with E-state index in [0.717, 1.165) is 29.8 Å². The van der Waals surface area contributed by atoms with Crippen molar-refractivity contribution in [2.75, 3.05) is 23.9 Å². The second-order valence-corrected chi connectivity index (χ2v) is 7.01. The van der Waals surface area contributed by atoms with Crippen molar-refractivity contribution in [1.29, 1.82) is 0 Å². The standard InChI is InChI=1S/C21H22N2O3/c1-13-12-23(19-6-4-3-5-18(19)22-20(13)24)21(25)16-10-8-14-7-9-15(26-2)11-17(14)16/h3-7,9,11,13,16H,8,10,12H2,1-2H3,(H,22,24). The van der Waals surface area contributed by atoms with Gasteiger partial charge in [0.2, 0.25) is 11.8 Å². The lowest BCUT2D eigenvalue weighted by Gasteiger charge is -2.27. The SMILES string of the molecule is COc1ccc2c(c1)C(C(=O)N1CC(C)C(=O)Nc3ccccc31)CC2. The van der Waals surface area contributed by atoms with Crippen molar-refractivity contribution in [2.45, 2.75) is 25.7 Å². The Morgan fingerprint density at radius 2 is 2.04 bits per heavy atom. The highest BCUT2D eigenvalue weighted by Gasteiger charge is 2.36. The van der Waals surface area contributed by atoms with E-state index in [1.54, 1.807) is 12.0 Å². The van der Waals surface area contributed by atoms with Gasteiger partial charge in [0, 0.05) is 6.54 Å². The Balaban J connectivity index is 1.72. The number of hydrogen-bond donors (Lipinski definition) is 1. The number of carbonyl (C=O) groups is 2. The van der Waals surface area contributed by atoms with Crippen molar-refractivity contribution in [3.8, 4) is 5.75 Å². The molecule has 2 aromatic rings. The van der Waals surface area contributed by atoms with E-state index in [0.29, 0.717) is 12.2 Å². The maximum atomic E-state index is 13.5. The van der Waals surface area contributed by atoms with Crippen molar-refractivity contribution in [3.05, 3.63) is 53.6 Å². The summed E-state index contributed by atoms with van der Waals surface area (Å²) in [4.78, 5) is 27.5. The molecule has 5 nitrogen and oxygen atoms in total. The van der Waals surface area contributed by atoms with Crippen molar-refractivity contribution in [3.63, 3.8) is 0 Å². The maximum absolute atomic E-state index is 13.5. The van der Waals surface area contributed by atoms with E-state index >= 15 is 0 Å². The quantitative estimate of drug-likeness (QED) is 0.904. The van der Waals surface area contributed by atoms with Crippen molar-refractivity contribution in [1.82, 2.24) is 0 Å². The van der Waals surface area contributed by atoms with E-state index in [2.05, 4.69) is 5.32 Å². The van der Waals surface area contributed by atoms with Gasteiger partial charge in [-0.3, -0.25) is 9.59 Å². The predicted molar refractivity (Wildman–Crippen MR) is 101 cm³/mol. The number of ether oxygens (including phenoxy) is 1. The first-order valence-electron chi connectivity index (χ1n) is 8.96. The molecule has 0 aromatic heterocycles. The number of hydrogen-bond acceptors (Lipinski definition) is 3. The summed E-state index contributed by atoms with van der Waals surface area (Å²) >= 11 is 0. The average molecular weight is 350 g/mol. The molecule has 1 aliphatic carbocycles. The van der Waals surface area contributed by atoms with Crippen molar-refractivity contribution >= 4 is 23.2 Å². The van der Waals surface area contributed by atoms with Gasteiger partial charge < -0.3 is 15.0 Å². The number of nitrogens with one attached hydrogen (secondary N) is 1. The number of carbonyl (C=O) groups excluding carboxylic acids is 2. The van der Waals surface area contributed by atoms with Crippen molar-refractivity contribution in [2.24, 2.45) is 5.92 Å². The summed E-state index contributed by atoms with van der Waals surface area (Å²) in [7, 11) is 1.64. The third-order valence-corrected chi connectivity index (χ3v) is 5.35. The summed E-state index contributed by atoms with van der Waals surface area (Å²) in [5.74, 6) is 0.296. The Kier molecular flexibility index (Phi) is 4.15. The van der Waals surface area contributed by atoms with Crippen LogP contribution in [-0.2, 0) is 16.0 Å². The molecule has 0 saturated heterocycles. The normalized spacial score (nSPS) is 21.5. The lowest BCUT2D eigenvalue weighted by molar-refractivity contribution is -0.120. The molecular formula is C21H22N2O3. The molecule has 1 N–H and O–H groups in total. The Morgan fingerprint density at radius 1 is 1.23 bits per heavy atom. The van der Waals surface area contributed by atoms with Crippen LogP contribution in [0.5, 0.6) is 5.75 Å². The van der Waals surface area contributed by atoms with E-state index in [4.69, 9.17) is 4.74 Å². The average Bonchev–Trinajstić information content (AvgIpc) is 3.03. The third-order valence-electron chi connectivity index (χ3n) is 5.35. The summed E-state index contributed by atoms with van der Waals surface area (Å²) in [6, 6.07) is 13.5. The first-order chi connectivity index (χ1) is 12.6. The topological polar surface area (TPSA) is 58.6 Å². The highest BCUT2D eigenvalue weighted by molar-refractivity contribution is 6.06. The van der Waals surface area contributed by atoms with Crippen LogP contribution in [0.3, 0.4) is 0 Å². The van der Waals surface area contributed by atoms with Gasteiger partial charge in [0.1, 0.15) is 5.75 Å². The molecular weight excluding hydrogens is 328 g/mol. The molecule has 2 unspecified atom stereocenters. The summed E-state index contributed by atoms with van der Waals surface area (Å²) < 4.78 is 5.34. The van der Waals surface area contributed by atoms with Crippen LogP contribution in [-0.4, -0.2) is 25.5 Å². The summed E-state index contributed by atoms with van der Waals surface area (Å²) in [6.45, 7) is 2.24. The second kappa shape index (κ2) is 6.48. The molecule has 1 heterocycles. The molecule has 0 saturated carbocycles. The lowest BCUT2D eigenvalue weighted by atomic mass is 9.98. The van der Waals surface area contributed by atoms with Gasteiger partial charge in [-0.15, -0.1) is 0 Å². The van der Waals surface area contributed by atoms with Gasteiger partial charge >= 0.3 is 0 Å². The zero-order chi connectivity index (χ0) is 18.3. The molecule has 2 aromatic carbocycles. The summed E-state index contributed by atoms with van der Waals surface area (Å²) in [6.07, 6.45) is 1.67. The van der Waals surface area contributed by atoms with Gasteiger partial charge in [-0.2, -0.15) is 0 Å². The minimum absolute atomic E-state index is 0.0489. The molecule has 0 spiro atoms. The van der Waals surface area contributed by atoms with E-state index in [1.165, 1.54) is 5.56 Å². The van der Waals surface area contributed by atoms with E-state index < -0.39 is 0 Å². The van der Waals surface area contributed by atoms with Crippen LogP contribution in [0.2, 0.25) is 0 Å². The highest BCUT2D eigenvalue weighted by atomic mass is 16.5. The van der Waals surface area contributed by atoms with Crippen LogP contribution in [0.4, 0.5) is 11.4 Å². The van der Waals surface area contributed by atoms with Gasteiger partial charge in [-0.05, 0) is 48.2 Å². The Hall–Kier alpha value is -2.82. The number of fused-ring (bicyclic) bond motifs is 2. The largest absolute Gasteiger partial charge is 0.497 e. The van der Waals surface area contributed by atoms with Gasteiger partial charge in [0.25, 0.3) is 0 Å². The number of methoxy groups -OCH3 is 1. The third kappa shape index (κ3) is 2.73. The van der Waals surface area contributed by atoms with Crippen LogP contribution in [0.15, 0.2) is 42.5 Å². The van der Waals surface area contributed by atoms with Crippen LogP contribution in [0.1, 0.15) is 30.4 Å². The monoisotopic (exact) mass is 350 g/mol. The fourth-order valence-electron chi connectivity index (χ4n) is 3.89. The van der Waals surface area contributed by atoms with Crippen LogP contribution < -0.4 is 15.0 Å². The molecule has 2 amide bonds. The molecule has 26 heavy (non-hydrogen) atoms. The summed E-state index contributed by atoms with van der Waals surface area (Å²) in [5, 5.41) is 2.93. The molecule has 4 rings (SSSR count). The first kappa shape index (κ1) is 16.6. The van der Waals surface area contributed by atoms with Gasteiger partial charge in [-0.25, -0.2) is 0 Å². The van der Waals surface area contributed by atoms with Crippen molar-refractivity contribution < 1.29 is 14.3 Å². The van der Waals surface area contributed by atoms with Gasteiger partial charge in [0.05, 0.1) is 30.3 Å². The van der Waals surface area contributed by atoms with Crippen LogP contribution in [0, 0.1) is 5.92 Å². The Morgan fingerprint density at radius 3 is 2.85 bits per heavy atom. The smallest absolute Gasteiger partial charge is 0.234 e. The fraction of sp³-hybridized carbons (Fsp3) is 0.333. The molecule has 0 radical (unpaired) electrons.